The first-order valence-electron chi connectivity index (χ1n) is 12.3. The van der Waals surface area contributed by atoms with Crippen molar-refractivity contribution >= 4 is 17.1 Å². The molecule has 168 valence electrons. The van der Waals surface area contributed by atoms with Gasteiger partial charge < -0.3 is 5.32 Å². The summed E-state index contributed by atoms with van der Waals surface area (Å²) >= 11 is 0. The van der Waals surface area contributed by atoms with Gasteiger partial charge in [-0.15, -0.1) is 0 Å². The zero-order valence-electron chi connectivity index (χ0n) is 19.3. The molecule has 0 radical (unpaired) electrons. The van der Waals surface area contributed by atoms with Crippen LogP contribution in [-0.4, -0.2) is 24.7 Å². The van der Waals surface area contributed by atoms with E-state index < -0.39 is 5.41 Å². The molecule has 0 bridgehead atoms. The maximum absolute atomic E-state index is 13.7. The summed E-state index contributed by atoms with van der Waals surface area (Å²) in [4.78, 5) is 27.0. The summed E-state index contributed by atoms with van der Waals surface area (Å²) in [6.45, 7) is 3.78. The van der Waals surface area contributed by atoms with Crippen molar-refractivity contribution in [1.29, 1.82) is 0 Å². The molecule has 0 unspecified atom stereocenters. The molecule has 0 aromatic heterocycles. The lowest BCUT2D eigenvalue weighted by Crippen LogP contribution is -2.47. The van der Waals surface area contributed by atoms with Crippen LogP contribution in [0.4, 0.5) is 0 Å². The van der Waals surface area contributed by atoms with Gasteiger partial charge in [-0.2, -0.15) is 0 Å². The van der Waals surface area contributed by atoms with Crippen molar-refractivity contribution in [2.75, 3.05) is 13.1 Å². The van der Waals surface area contributed by atoms with Gasteiger partial charge in [-0.25, -0.2) is 0 Å². The molecule has 1 heterocycles. The normalized spacial score (nSPS) is 20.7. The number of benzene rings is 1. The summed E-state index contributed by atoms with van der Waals surface area (Å²) in [7, 11) is 0. The molecular weight excluding hydrogens is 394 g/mol. The number of ketones is 2. The Morgan fingerprint density at radius 1 is 1.09 bits per heavy atom. The molecule has 1 aromatic rings. The number of allylic oxidation sites excluding steroid dienone is 8. The van der Waals surface area contributed by atoms with Crippen LogP contribution in [0.5, 0.6) is 0 Å². The SMILES string of the molecule is CCCCCC(=O)c1cccc2c1C1(CCNCC1)C(=O)C=C2CC1=CCC/C=C/C=C1. The maximum atomic E-state index is 13.7. The van der Waals surface area contributed by atoms with Crippen molar-refractivity contribution in [3.05, 3.63) is 76.9 Å². The first-order chi connectivity index (χ1) is 15.7. The van der Waals surface area contributed by atoms with Gasteiger partial charge in [-0.3, -0.25) is 9.59 Å². The number of fused-ring (bicyclic) bond motifs is 2. The van der Waals surface area contributed by atoms with Crippen LogP contribution in [0.1, 0.15) is 86.2 Å². The lowest BCUT2D eigenvalue weighted by molar-refractivity contribution is -0.121. The van der Waals surface area contributed by atoms with Crippen LogP contribution in [0, 0.1) is 0 Å². The van der Waals surface area contributed by atoms with Crippen molar-refractivity contribution < 1.29 is 9.59 Å². The van der Waals surface area contributed by atoms with Crippen molar-refractivity contribution in [1.82, 2.24) is 5.32 Å². The van der Waals surface area contributed by atoms with E-state index in [9.17, 15) is 9.59 Å². The van der Waals surface area contributed by atoms with Crippen molar-refractivity contribution in [3.63, 3.8) is 0 Å². The Morgan fingerprint density at radius 2 is 1.94 bits per heavy atom. The average molecular weight is 430 g/mol. The number of Topliss-reactive ketones (excluding diaryl/α,β-unsaturated/α-hetero) is 1. The van der Waals surface area contributed by atoms with Crippen LogP contribution in [0.3, 0.4) is 0 Å². The highest BCUT2D eigenvalue weighted by molar-refractivity contribution is 6.11. The van der Waals surface area contributed by atoms with Crippen molar-refractivity contribution in [2.45, 2.75) is 70.1 Å². The summed E-state index contributed by atoms with van der Waals surface area (Å²) < 4.78 is 0. The van der Waals surface area contributed by atoms with Gasteiger partial charge in [0.15, 0.2) is 11.6 Å². The van der Waals surface area contributed by atoms with Crippen LogP contribution in [-0.2, 0) is 10.2 Å². The first kappa shape index (κ1) is 22.7. The topological polar surface area (TPSA) is 46.2 Å². The van der Waals surface area contributed by atoms with Gasteiger partial charge in [0.1, 0.15) is 0 Å². The van der Waals surface area contributed by atoms with Gasteiger partial charge in [-0.1, -0.05) is 68.3 Å². The molecule has 1 spiro atoms. The number of nitrogens with one attached hydrogen (secondary N) is 1. The largest absolute Gasteiger partial charge is 0.317 e. The monoisotopic (exact) mass is 429 g/mol. The highest BCUT2D eigenvalue weighted by atomic mass is 16.1. The molecule has 0 atom stereocenters. The molecule has 4 rings (SSSR count). The minimum absolute atomic E-state index is 0.186. The number of carbonyl (C=O) groups excluding carboxylic acids is 2. The Labute approximate surface area is 192 Å². The molecule has 3 heteroatoms. The highest BCUT2D eigenvalue weighted by Gasteiger charge is 2.46. The average Bonchev–Trinajstić information content (AvgIpc) is 2.79. The Kier molecular flexibility index (Phi) is 7.36. The smallest absolute Gasteiger partial charge is 0.166 e. The molecule has 2 aliphatic carbocycles. The molecule has 1 aromatic carbocycles. The zero-order chi connectivity index (χ0) is 22.4. The van der Waals surface area contributed by atoms with Gasteiger partial charge in [0, 0.05) is 12.0 Å². The predicted molar refractivity (Wildman–Crippen MR) is 132 cm³/mol. The summed E-state index contributed by atoms with van der Waals surface area (Å²) in [5.41, 5.74) is 4.64. The van der Waals surface area contributed by atoms with E-state index in [1.54, 1.807) is 0 Å². The van der Waals surface area contributed by atoms with Crippen LogP contribution in [0.25, 0.3) is 5.57 Å². The maximum Gasteiger partial charge on any atom is 0.166 e. The Hall–Kier alpha value is -2.52. The van der Waals surface area contributed by atoms with E-state index >= 15 is 0 Å². The van der Waals surface area contributed by atoms with Gasteiger partial charge in [0.05, 0.1) is 5.41 Å². The number of hydrogen-bond acceptors (Lipinski definition) is 3. The number of carbonyl (C=O) groups is 2. The van der Waals surface area contributed by atoms with E-state index in [1.165, 1.54) is 5.57 Å². The summed E-state index contributed by atoms with van der Waals surface area (Å²) in [6.07, 6.45) is 20.6. The quantitative estimate of drug-likeness (QED) is 0.411. The fourth-order valence-corrected chi connectivity index (χ4v) is 5.37. The summed E-state index contributed by atoms with van der Waals surface area (Å²) in [6, 6.07) is 6.11. The summed E-state index contributed by atoms with van der Waals surface area (Å²) in [5.74, 6) is 0.378. The third-order valence-corrected chi connectivity index (χ3v) is 7.12. The summed E-state index contributed by atoms with van der Waals surface area (Å²) in [5, 5.41) is 3.41. The van der Waals surface area contributed by atoms with Gasteiger partial charge in [-0.05, 0) is 80.0 Å². The van der Waals surface area contributed by atoms with Gasteiger partial charge >= 0.3 is 0 Å². The predicted octanol–water partition coefficient (Wildman–Crippen LogP) is 6.26. The lowest BCUT2D eigenvalue weighted by Gasteiger charge is -2.41. The molecule has 0 saturated carbocycles. The lowest BCUT2D eigenvalue weighted by atomic mass is 9.62. The van der Waals surface area contributed by atoms with Gasteiger partial charge in [0.25, 0.3) is 0 Å². The fraction of sp³-hybridized carbons (Fsp3) is 0.448. The van der Waals surface area contributed by atoms with E-state index in [1.807, 2.05) is 18.2 Å². The Balaban J connectivity index is 1.76. The molecule has 0 amide bonds. The highest BCUT2D eigenvalue weighted by Crippen LogP contribution is 2.46. The molecule has 1 fully saturated rings. The standard InChI is InChI=1S/C29H35NO2/c1-2-3-7-15-26(31)25-14-10-13-24-23(20-22-11-8-5-4-6-9-12-22)21-27(32)29(28(24)25)16-18-30-19-17-29/h4-5,8,10-14,21,30H,2-3,6-7,9,15-20H2,1H3/b5-4+,11-8?,22-12?. The van der Waals surface area contributed by atoms with Crippen molar-refractivity contribution in [2.24, 2.45) is 0 Å². The molecule has 3 nitrogen and oxygen atoms in total. The second-order valence-corrected chi connectivity index (χ2v) is 9.29. The van der Waals surface area contributed by atoms with Gasteiger partial charge in [0.2, 0.25) is 0 Å². The molecule has 1 aliphatic heterocycles. The number of hydrogen-bond donors (Lipinski definition) is 1. The van der Waals surface area contributed by atoms with E-state index in [2.05, 4.69) is 48.7 Å². The third kappa shape index (κ3) is 4.63. The molecule has 1 N–H and O–H groups in total. The van der Waals surface area contributed by atoms with E-state index in [4.69, 9.17) is 0 Å². The van der Waals surface area contributed by atoms with E-state index in [-0.39, 0.29) is 11.6 Å². The van der Waals surface area contributed by atoms with Crippen LogP contribution in [0.15, 0.2) is 60.2 Å². The Morgan fingerprint density at radius 3 is 2.75 bits per heavy atom. The molecule has 3 aliphatic rings. The molecule has 32 heavy (non-hydrogen) atoms. The second-order valence-electron chi connectivity index (χ2n) is 9.29. The van der Waals surface area contributed by atoms with Crippen LogP contribution in [0.2, 0.25) is 0 Å². The molecule has 1 saturated heterocycles. The third-order valence-electron chi connectivity index (χ3n) is 7.12. The van der Waals surface area contributed by atoms with E-state index in [0.29, 0.717) is 6.42 Å². The minimum Gasteiger partial charge on any atom is -0.317 e. The Bertz CT molecular complexity index is 986. The number of rotatable bonds is 7. The molecular formula is C29H35NO2. The first-order valence-corrected chi connectivity index (χ1v) is 12.3. The minimum atomic E-state index is -0.561. The zero-order valence-corrected chi connectivity index (χ0v) is 19.3. The van der Waals surface area contributed by atoms with Crippen LogP contribution >= 0.6 is 0 Å². The van der Waals surface area contributed by atoms with Crippen LogP contribution < -0.4 is 5.32 Å². The number of unbranched alkanes of at least 4 members (excludes halogenated alkanes) is 2. The number of piperidine rings is 1. The van der Waals surface area contributed by atoms with Crippen molar-refractivity contribution in [3.8, 4) is 0 Å². The second kappa shape index (κ2) is 10.4. The van der Waals surface area contributed by atoms with E-state index in [0.717, 1.165) is 86.7 Å². The fourth-order valence-electron chi connectivity index (χ4n) is 5.37.